The van der Waals surface area contributed by atoms with E-state index in [4.69, 9.17) is 0 Å². The molecule has 2 aliphatic heterocycles. The minimum atomic E-state index is -3.46. The summed E-state index contributed by atoms with van der Waals surface area (Å²) in [6.45, 7) is 9.08. The Kier molecular flexibility index (Phi) is 9.11. The smallest absolute Gasteiger partial charge is 0.253 e. The van der Waals surface area contributed by atoms with E-state index in [1.165, 1.54) is 5.56 Å². The maximum absolute atomic E-state index is 13.1. The molecule has 2 heterocycles. The molecule has 0 unspecified atom stereocenters. The lowest BCUT2D eigenvalue weighted by molar-refractivity contribution is 0.0650. The number of nitrogens with zero attached hydrogens (tertiary/aromatic N) is 4. The summed E-state index contributed by atoms with van der Waals surface area (Å²) in [4.78, 5) is 20.0. The molecule has 0 spiro atoms. The van der Waals surface area contributed by atoms with Crippen molar-refractivity contribution in [2.45, 2.75) is 18.4 Å². The van der Waals surface area contributed by atoms with Gasteiger partial charge in [-0.1, -0.05) is 72.3 Å². The van der Waals surface area contributed by atoms with E-state index in [-0.39, 0.29) is 5.91 Å². The summed E-state index contributed by atoms with van der Waals surface area (Å²) in [5.74, 6) is 0.0842. The number of aryl methyl sites for hydroxylation is 1. The summed E-state index contributed by atoms with van der Waals surface area (Å²) < 4.78 is 27.5. The van der Waals surface area contributed by atoms with Crippen molar-refractivity contribution in [2.75, 3.05) is 58.9 Å². The zero-order chi connectivity index (χ0) is 28.0. The van der Waals surface area contributed by atoms with Gasteiger partial charge in [0.2, 0.25) is 10.0 Å². The van der Waals surface area contributed by atoms with Crippen LogP contribution in [0.25, 0.3) is 6.08 Å². The molecular formula is C32H38N4O3S. The largest absolute Gasteiger partial charge is 0.336 e. The Hall–Kier alpha value is -3.30. The van der Waals surface area contributed by atoms with E-state index in [9.17, 15) is 13.2 Å². The first-order chi connectivity index (χ1) is 19.4. The Morgan fingerprint density at radius 1 is 0.750 bits per heavy atom. The molecule has 2 saturated heterocycles. The molecule has 0 radical (unpaired) electrons. The van der Waals surface area contributed by atoms with Crippen LogP contribution >= 0.6 is 0 Å². The SMILES string of the molecule is Cc1ccc(S(=O)(=O)N2CCN(Cc3ccc(C(=O)N4CCN(C/C=C/c5ccccc5)CC4)cc3)CC2)cc1. The Balaban J connectivity index is 1.06. The first-order valence-electron chi connectivity index (χ1n) is 14.0. The van der Waals surface area contributed by atoms with Gasteiger partial charge in [-0.25, -0.2) is 8.42 Å². The van der Waals surface area contributed by atoms with Gasteiger partial charge in [-0.15, -0.1) is 0 Å². The first kappa shape index (κ1) is 28.2. The van der Waals surface area contributed by atoms with Crippen LogP contribution in [0.1, 0.15) is 27.0 Å². The number of benzene rings is 3. The van der Waals surface area contributed by atoms with E-state index in [1.54, 1.807) is 16.4 Å². The Morgan fingerprint density at radius 2 is 1.38 bits per heavy atom. The number of piperazine rings is 2. The van der Waals surface area contributed by atoms with Crippen molar-refractivity contribution in [1.82, 2.24) is 19.0 Å². The lowest BCUT2D eigenvalue weighted by Crippen LogP contribution is -2.48. The molecule has 210 valence electrons. The summed E-state index contributed by atoms with van der Waals surface area (Å²) >= 11 is 0. The third-order valence-corrected chi connectivity index (χ3v) is 9.64. The molecule has 0 saturated carbocycles. The third kappa shape index (κ3) is 7.06. The van der Waals surface area contributed by atoms with Crippen molar-refractivity contribution in [1.29, 1.82) is 0 Å². The normalized spacial score (nSPS) is 17.9. The number of hydrogen-bond donors (Lipinski definition) is 0. The van der Waals surface area contributed by atoms with Crippen LogP contribution in [-0.2, 0) is 16.6 Å². The van der Waals surface area contributed by atoms with Gasteiger partial charge in [0.05, 0.1) is 4.90 Å². The standard InChI is InChI=1S/C32H38N4O3S/c1-27-9-15-31(16-10-27)40(38,39)36-24-20-34(21-25-36)26-29-11-13-30(14-12-29)32(37)35-22-18-33(19-23-35)17-5-8-28-6-3-2-4-7-28/h2-16H,17-26H2,1H3/b8-5+. The van der Waals surface area contributed by atoms with E-state index >= 15 is 0 Å². The molecule has 40 heavy (non-hydrogen) atoms. The fraction of sp³-hybridized carbons (Fsp3) is 0.344. The molecule has 5 rings (SSSR count). The van der Waals surface area contributed by atoms with Crippen LogP contribution in [-0.4, -0.2) is 92.2 Å². The van der Waals surface area contributed by atoms with Crippen molar-refractivity contribution in [3.8, 4) is 0 Å². The van der Waals surface area contributed by atoms with Gasteiger partial charge in [-0.05, 0) is 42.3 Å². The number of sulfonamides is 1. The highest BCUT2D eigenvalue weighted by atomic mass is 32.2. The van der Waals surface area contributed by atoms with E-state index in [2.05, 4.69) is 34.1 Å². The molecule has 0 bridgehead atoms. The van der Waals surface area contributed by atoms with Gasteiger partial charge in [0.1, 0.15) is 0 Å². The van der Waals surface area contributed by atoms with Crippen molar-refractivity contribution in [3.05, 3.63) is 107 Å². The third-order valence-electron chi connectivity index (χ3n) is 7.73. The second-order valence-electron chi connectivity index (χ2n) is 10.6. The fourth-order valence-corrected chi connectivity index (χ4v) is 6.64. The second-order valence-corrected chi connectivity index (χ2v) is 12.5. The lowest BCUT2D eigenvalue weighted by atomic mass is 10.1. The van der Waals surface area contributed by atoms with Crippen LogP contribution in [0.2, 0.25) is 0 Å². The predicted molar refractivity (Wildman–Crippen MR) is 159 cm³/mol. The zero-order valence-electron chi connectivity index (χ0n) is 23.2. The maximum Gasteiger partial charge on any atom is 0.253 e. The number of amides is 1. The molecule has 3 aromatic carbocycles. The van der Waals surface area contributed by atoms with Crippen LogP contribution < -0.4 is 0 Å². The summed E-state index contributed by atoms with van der Waals surface area (Å²) in [5, 5.41) is 0. The second kappa shape index (κ2) is 12.9. The van der Waals surface area contributed by atoms with Crippen molar-refractivity contribution in [2.24, 2.45) is 0 Å². The number of carbonyl (C=O) groups is 1. The minimum Gasteiger partial charge on any atom is -0.336 e. The van der Waals surface area contributed by atoms with Gasteiger partial charge in [-0.3, -0.25) is 14.6 Å². The van der Waals surface area contributed by atoms with E-state index in [1.807, 2.05) is 66.4 Å². The zero-order valence-corrected chi connectivity index (χ0v) is 24.0. The van der Waals surface area contributed by atoms with Crippen molar-refractivity contribution in [3.63, 3.8) is 0 Å². The van der Waals surface area contributed by atoms with Gasteiger partial charge in [0, 0.05) is 71.0 Å². The Bertz CT molecular complexity index is 1390. The lowest BCUT2D eigenvalue weighted by Gasteiger charge is -2.34. The maximum atomic E-state index is 13.1. The number of rotatable bonds is 8. The summed E-state index contributed by atoms with van der Waals surface area (Å²) in [7, 11) is -3.46. The van der Waals surface area contributed by atoms with Crippen LogP contribution in [0.15, 0.2) is 89.8 Å². The molecule has 0 N–H and O–H groups in total. The van der Waals surface area contributed by atoms with E-state index < -0.39 is 10.0 Å². The molecule has 3 aromatic rings. The average Bonchev–Trinajstić information content (AvgIpc) is 2.99. The van der Waals surface area contributed by atoms with Gasteiger partial charge in [0.25, 0.3) is 5.91 Å². The molecule has 2 aliphatic rings. The molecule has 0 aliphatic carbocycles. The molecule has 7 nitrogen and oxygen atoms in total. The molecular weight excluding hydrogens is 520 g/mol. The summed E-state index contributed by atoms with van der Waals surface area (Å²) in [6, 6.07) is 25.2. The van der Waals surface area contributed by atoms with Gasteiger partial charge in [-0.2, -0.15) is 4.31 Å². The van der Waals surface area contributed by atoms with E-state index in [0.717, 1.165) is 56.0 Å². The number of hydrogen-bond acceptors (Lipinski definition) is 5. The minimum absolute atomic E-state index is 0.0842. The van der Waals surface area contributed by atoms with Gasteiger partial charge < -0.3 is 4.90 Å². The molecule has 0 atom stereocenters. The topological polar surface area (TPSA) is 64.2 Å². The Morgan fingerprint density at radius 3 is 2.02 bits per heavy atom. The van der Waals surface area contributed by atoms with Crippen LogP contribution in [0, 0.1) is 6.92 Å². The monoisotopic (exact) mass is 558 g/mol. The predicted octanol–water partition coefficient (Wildman–Crippen LogP) is 3.97. The fourth-order valence-electron chi connectivity index (χ4n) is 5.22. The summed E-state index contributed by atoms with van der Waals surface area (Å²) in [5.41, 5.74) is 4.09. The molecule has 8 heteroatoms. The summed E-state index contributed by atoms with van der Waals surface area (Å²) in [6.07, 6.45) is 4.33. The Labute approximate surface area is 238 Å². The molecule has 0 aromatic heterocycles. The average molecular weight is 559 g/mol. The van der Waals surface area contributed by atoms with Crippen molar-refractivity contribution < 1.29 is 13.2 Å². The quantitative estimate of drug-likeness (QED) is 0.419. The first-order valence-corrected chi connectivity index (χ1v) is 15.4. The van der Waals surface area contributed by atoms with Crippen LogP contribution in [0.4, 0.5) is 0 Å². The highest BCUT2D eigenvalue weighted by Crippen LogP contribution is 2.19. The molecule has 2 fully saturated rings. The number of carbonyl (C=O) groups excluding carboxylic acids is 1. The van der Waals surface area contributed by atoms with Crippen LogP contribution in [0.3, 0.4) is 0 Å². The highest BCUT2D eigenvalue weighted by molar-refractivity contribution is 7.89. The molecule has 1 amide bonds. The van der Waals surface area contributed by atoms with Crippen molar-refractivity contribution >= 4 is 22.0 Å². The van der Waals surface area contributed by atoms with Gasteiger partial charge >= 0.3 is 0 Å². The highest BCUT2D eigenvalue weighted by Gasteiger charge is 2.28. The van der Waals surface area contributed by atoms with E-state index in [0.29, 0.717) is 31.1 Å². The van der Waals surface area contributed by atoms with Gasteiger partial charge in [0.15, 0.2) is 0 Å². The van der Waals surface area contributed by atoms with Crippen LogP contribution in [0.5, 0.6) is 0 Å².